The van der Waals surface area contributed by atoms with E-state index in [1.165, 1.54) is 25.7 Å². The lowest BCUT2D eigenvalue weighted by Gasteiger charge is -2.28. The van der Waals surface area contributed by atoms with Crippen molar-refractivity contribution in [2.24, 2.45) is 17.8 Å². The Morgan fingerprint density at radius 1 is 1.37 bits per heavy atom. The third-order valence-electron chi connectivity index (χ3n) is 4.59. The van der Waals surface area contributed by atoms with Crippen molar-refractivity contribution < 1.29 is 8.42 Å². The first-order valence-corrected chi connectivity index (χ1v) is 9.41. The summed E-state index contributed by atoms with van der Waals surface area (Å²) < 4.78 is 28.2. The van der Waals surface area contributed by atoms with Crippen LogP contribution in [0, 0.1) is 17.8 Å². The van der Waals surface area contributed by atoms with Crippen LogP contribution in [0.15, 0.2) is 16.3 Å². The molecule has 0 radical (unpaired) electrons. The summed E-state index contributed by atoms with van der Waals surface area (Å²) >= 11 is 6.92. The third-order valence-corrected chi connectivity index (χ3v) is 7.87. The predicted octanol–water partition coefficient (Wildman–Crippen LogP) is 3.50. The fourth-order valence-electron chi connectivity index (χ4n) is 3.74. The molecule has 0 aromatic carbocycles. The largest absolute Gasteiger partial charge is 0.250 e. The molecule has 106 valence electrons. The molecule has 1 N–H and O–H groups in total. The number of nitrogens with one attached hydrogen (secondary N) is 1. The number of hydrogen-bond acceptors (Lipinski definition) is 3. The molecule has 2 saturated carbocycles. The summed E-state index contributed by atoms with van der Waals surface area (Å²) in [4.78, 5) is 0. The van der Waals surface area contributed by atoms with E-state index in [4.69, 9.17) is 11.6 Å². The Hall–Kier alpha value is -0.100. The van der Waals surface area contributed by atoms with Gasteiger partial charge in [0.2, 0.25) is 10.0 Å². The van der Waals surface area contributed by atoms with Gasteiger partial charge in [-0.15, -0.1) is 11.3 Å². The van der Waals surface area contributed by atoms with E-state index >= 15 is 0 Å². The molecular weight excluding hydrogens is 302 g/mol. The molecule has 6 heteroatoms. The first-order chi connectivity index (χ1) is 8.95. The van der Waals surface area contributed by atoms with Crippen LogP contribution < -0.4 is 4.72 Å². The quantitative estimate of drug-likeness (QED) is 0.923. The molecule has 2 bridgehead atoms. The monoisotopic (exact) mass is 319 g/mol. The Labute approximate surface area is 123 Å². The molecule has 3 nitrogen and oxygen atoms in total. The van der Waals surface area contributed by atoms with Gasteiger partial charge in [0.25, 0.3) is 0 Å². The van der Waals surface area contributed by atoms with Crippen molar-refractivity contribution in [1.29, 1.82) is 0 Å². The van der Waals surface area contributed by atoms with Gasteiger partial charge in [-0.05, 0) is 56.1 Å². The second-order valence-electron chi connectivity index (χ2n) is 5.81. The Morgan fingerprint density at radius 2 is 2.16 bits per heavy atom. The van der Waals surface area contributed by atoms with Gasteiger partial charge in [0.05, 0.1) is 4.34 Å². The summed E-state index contributed by atoms with van der Waals surface area (Å²) in [6.07, 6.45) is 5.08. The highest BCUT2D eigenvalue weighted by Gasteiger charge is 2.42. The number of thiophene rings is 1. The van der Waals surface area contributed by atoms with Crippen LogP contribution in [0.3, 0.4) is 0 Å². The highest BCUT2D eigenvalue weighted by Crippen LogP contribution is 2.49. The summed E-state index contributed by atoms with van der Waals surface area (Å²) in [7, 11) is -3.41. The highest BCUT2D eigenvalue weighted by atomic mass is 35.5. The Balaban J connectivity index is 1.71. The van der Waals surface area contributed by atoms with E-state index in [0.717, 1.165) is 23.2 Å². The summed E-state index contributed by atoms with van der Waals surface area (Å²) in [6, 6.07) is 3.22. The van der Waals surface area contributed by atoms with Crippen LogP contribution in [0.1, 0.15) is 32.6 Å². The van der Waals surface area contributed by atoms with E-state index in [0.29, 0.717) is 14.5 Å². The van der Waals surface area contributed by atoms with E-state index in [9.17, 15) is 8.42 Å². The van der Waals surface area contributed by atoms with Crippen LogP contribution in [0.4, 0.5) is 0 Å². The van der Waals surface area contributed by atoms with Gasteiger partial charge in [0.1, 0.15) is 4.21 Å². The third kappa shape index (κ3) is 2.71. The van der Waals surface area contributed by atoms with Crippen LogP contribution in [0.2, 0.25) is 4.34 Å². The van der Waals surface area contributed by atoms with E-state index < -0.39 is 10.0 Å². The summed E-state index contributed by atoms with van der Waals surface area (Å²) in [5.41, 5.74) is 0. The second kappa shape index (κ2) is 5.02. The van der Waals surface area contributed by atoms with Crippen molar-refractivity contribution in [3.05, 3.63) is 16.5 Å². The zero-order chi connectivity index (χ0) is 13.6. The molecule has 0 unspecified atom stereocenters. The average molecular weight is 320 g/mol. The number of hydrogen-bond donors (Lipinski definition) is 1. The Morgan fingerprint density at radius 3 is 2.68 bits per heavy atom. The van der Waals surface area contributed by atoms with Crippen molar-refractivity contribution in [2.45, 2.75) is 42.9 Å². The summed E-state index contributed by atoms with van der Waals surface area (Å²) in [5, 5.41) is 0. The minimum absolute atomic E-state index is 0.0150. The molecule has 1 aromatic heterocycles. The zero-order valence-corrected chi connectivity index (χ0v) is 13.2. The maximum Gasteiger partial charge on any atom is 0.250 e. The first-order valence-electron chi connectivity index (χ1n) is 6.73. The molecule has 0 spiro atoms. The Bertz CT molecular complexity index is 569. The maximum atomic E-state index is 12.3. The van der Waals surface area contributed by atoms with Crippen molar-refractivity contribution in [1.82, 2.24) is 4.72 Å². The molecule has 0 saturated heterocycles. The van der Waals surface area contributed by atoms with E-state index in [1.807, 2.05) is 6.92 Å². The van der Waals surface area contributed by atoms with Gasteiger partial charge in [0.15, 0.2) is 0 Å². The van der Waals surface area contributed by atoms with Gasteiger partial charge in [-0.2, -0.15) is 0 Å². The second-order valence-corrected chi connectivity index (χ2v) is 9.46. The van der Waals surface area contributed by atoms with E-state index in [1.54, 1.807) is 12.1 Å². The SMILES string of the molecule is C[C@H](NS(=O)(=O)c1ccc(Cl)s1)[C@@H]1C[C@H]2CC[C@H]1C2. The highest BCUT2D eigenvalue weighted by molar-refractivity contribution is 7.91. The van der Waals surface area contributed by atoms with Crippen molar-refractivity contribution in [3.63, 3.8) is 0 Å². The van der Waals surface area contributed by atoms with Crippen LogP contribution in [0.25, 0.3) is 0 Å². The fourth-order valence-corrected chi connectivity index (χ4v) is 6.53. The maximum absolute atomic E-state index is 12.3. The average Bonchev–Trinajstić information content (AvgIpc) is 3.02. The molecule has 2 aliphatic carbocycles. The van der Waals surface area contributed by atoms with Crippen molar-refractivity contribution in [2.75, 3.05) is 0 Å². The lowest BCUT2D eigenvalue weighted by Crippen LogP contribution is -2.39. The van der Waals surface area contributed by atoms with Crippen LogP contribution in [0.5, 0.6) is 0 Å². The van der Waals surface area contributed by atoms with Gasteiger partial charge in [-0.25, -0.2) is 13.1 Å². The van der Waals surface area contributed by atoms with Gasteiger partial charge >= 0.3 is 0 Å². The van der Waals surface area contributed by atoms with Crippen LogP contribution >= 0.6 is 22.9 Å². The molecule has 0 aliphatic heterocycles. The topological polar surface area (TPSA) is 46.2 Å². The molecule has 3 rings (SSSR count). The van der Waals surface area contributed by atoms with E-state index in [2.05, 4.69) is 4.72 Å². The molecule has 1 heterocycles. The van der Waals surface area contributed by atoms with Gasteiger partial charge in [0, 0.05) is 6.04 Å². The lowest BCUT2D eigenvalue weighted by molar-refractivity contribution is 0.280. The standard InChI is InChI=1S/C13H18ClNO2S2/c1-8(11-7-9-2-3-10(11)6-9)15-19(16,17)13-5-4-12(14)18-13/h4-5,8-11,15H,2-3,6-7H2,1H3/t8-,9-,10-,11-/m0/s1. The normalized spacial score (nSPS) is 31.8. The number of rotatable bonds is 4. The minimum atomic E-state index is -3.41. The number of halogens is 1. The van der Waals surface area contributed by atoms with Crippen LogP contribution in [-0.2, 0) is 10.0 Å². The number of sulfonamides is 1. The molecule has 2 fully saturated rings. The molecule has 4 atom stereocenters. The van der Waals surface area contributed by atoms with Crippen molar-refractivity contribution in [3.8, 4) is 0 Å². The molecule has 1 aromatic rings. The lowest BCUT2D eigenvalue weighted by atomic mass is 9.84. The predicted molar refractivity (Wildman–Crippen MR) is 78.1 cm³/mol. The molecular formula is C13H18ClNO2S2. The Kier molecular flexibility index (Phi) is 3.67. The molecule has 0 amide bonds. The smallest absolute Gasteiger partial charge is 0.207 e. The summed E-state index contributed by atoms with van der Waals surface area (Å²) in [6.45, 7) is 2.00. The summed E-state index contributed by atoms with van der Waals surface area (Å²) in [5.74, 6) is 2.05. The first kappa shape index (κ1) is 13.9. The zero-order valence-electron chi connectivity index (χ0n) is 10.8. The molecule has 2 aliphatic rings. The van der Waals surface area contributed by atoms with Crippen LogP contribution in [-0.4, -0.2) is 14.5 Å². The molecule has 19 heavy (non-hydrogen) atoms. The van der Waals surface area contributed by atoms with Gasteiger partial charge in [-0.1, -0.05) is 18.0 Å². The van der Waals surface area contributed by atoms with Gasteiger partial charge < -0.3 is 0 Å². The van der Waals surface area contributed by atoms with Crippen molar-refractivity contribution >= 4 is 33.0 Å². The minimum Gasteiger partial charge on any atom is -0.207 e. The van der Waals surface area contributed by atoms with Gasteiger partial charge in [-0.3, -0.25) is 0 Å². The fraction of sp³-hybridized carbons (Fsp3) is 0.692. The number of fused-ring (bicyclic) bond motifs is 2. The van der Waals surface area contributed by atoms with E-state index in [-0.39, 0.29) is 6.04 Å².